The van der Waals surface area contributed by atoms with E-state index in [-0.39, 0.29) is 0 Å². The summed E-state index contributed by atoms with van der Waals surface area (Å²) >= 11 is 0. The van der Waals surface area contributed by atoms with Gasteiger partial charge < -0.3 is 0 Å². The first kappa shape index (κ1) is 14.5. The molecule has 0 rings (SSSR count). The summed E-state index contributed by atoms with van der Waals surface area (Å²) < 4.78 is 0. The summed E-state index contributed by atoms with van der Waals surface area (Å²) in [5.74, 6) is 2.60. The van der Waals surface area contributed by atoms with Crippen molar-refractivity contribution in [3.63, 3.8) is 0 Å². The molecule has 0 atom stereocenters. The summed E-state index contributed by atoms with van der Waals surface area (Å²) in [6, 6.07) is 0. The van der Waals surface area contributed by atoms with Crippen LogP contribution in [-0.2, 0) is 0 Å². The van der Waals surface area contributed by atoms with Gasteiger partial charge in [-0.05, 0) is 17.8 Å². The van der Waals surface area contributed by atoms with Gasteiger partial charge in [0.25, 0.3) is 0 Å². The number of rotatable bonds is 3. The van der Waals surface area contributed by atoms with Crippen LogP contribution in [0, 0.1) is 17.8 Å². The van der Waals surface area contributed by atoms with Gasteiger partial charge in [0.2, 0.25) is 0 Å². The van der Waals surface area contributed by atoms with E-state index in [4.69, 9.17) is 0 Å². The second-order valence-electron chi connectivity index (χ2n) is 4.67. The molecule has 0 spiro atoms. The predicted molar refractivity (Wildman–Crippen MR) is 59.4 cm³/mol. The lowest BCUT2D eigenvalue weighted by atomic mass is 10.0. The molecular formula is C12H28. The van der Waals surface area contributed by atoms with Gasteiger partial charge >= 0.3 is 0 Å². The monoisotopic (exact) mass is 172 g/mol. The van der Waals surface area contributed by atoms with Crippen molar-refractivity contribution in [2.24, 2.45) is 17.8 Å². The zero-order valence-corrected chi connectivity index (χ0v) is 10.1. The van der Waals surface area contributed by atoms with Crippen LogP contribution in [-0.4, -0.2) is 0 Å². The molecule has 0 heteroatoms. The summed E-state index contributed by atoms with van der Waals surface area (Å²) in [6.07, 6.45) is 2.71. The summed E-state index contributed by atoms with van der Waals surface area (Å²) in [5.41, 5.74) is 0. The Bertz CT molecular complexity index is 64.1. The molecular weight excluding hydrogens is 144 g/mol. The average Bonchev–Trinajstić information content (AvgIpc) is 1.87. The van der Waals surface area contributed by atoms with E-state index in [0.717, 1.165) is 17.8 Å². The fraction of sp³-hybridized carbons (Fsp3) is 1.00. The average molecular weight is 172 g/mol. The Morgan fingerprint density at radius 2 is 1.08 bits per heavy atom. The van der Waals surface area contributed by atoms with Crippen molar-refractivity contribution >= 4 is 0 Å². The van der Waals surface area contributed by atoms with Crippen LogP contribution >= 0.6 is 0 Å². The molecule has 0 bridgehead atoms. The highest BCUT2D eigenvalue weighted by molar-refractivity contribution is 4.46. The normalized spacial score (nSPS) is 10.5. The quantitative estimate of drug-likeness (QED) is 0.577. The fourth-order valence-electron chi connectivity index (χ4n) is 0.577. The van der Waals surface area contributed by atoms with Crippen LogP contribution in [0.2, 0.25) is 0 Å². The van der Waals surface area contributed by atoms with Crippen LogP contribution in [0.1, 0.15) is 61.3 Å². The maximum absolute atomic E-state index is 2.25. The minimum Gasteiger partial charge on any atom is -0.0654 e. The minimum atomic E-state index is 0.852. The highest BCUT2D eigenvalue weighted by Gasteiger charge is 1.95. The van der Waals surface area contributed by atoms with E-state index in [1.54, 1.807) is 0 Å². The summed E-state index contributed by atoms with van der Waals surface area (Å²) in [4.78, 5) is 0. The zero-order chi connectivity index (χ0) is 10.1. The lowest BCUT2D eigenvalue weighted by Gasteiger charge is -2.05. The topological polar surface area (TPSA) is 0 Å². The molecule has 0 nitrogen and oxygen atoms in total. The van der Waals surface area contributed by atoms with E-state index in [9.17, 15) is 0 Å². The van der Waals surface area contributed by atoms with Crippen LogP contribution in [0.15, 0.2) is 0 Å². The molecule has 0 aromatic carbocycles. The standard InChI is InChI=1S/2C6H14/c1-5(2)6(3)4;1-4-5-6(2)3/h5-6H,1-4H3;6H,4-5H2,1-3H3. The third-order valence-electron chi connectivity index (χ3n) is 2.20. The van der Waals surface area contributed by atoms with Gasteiger partial charge in [-0.3, -0.25) is 0 Å². The molecule has 0 heterocycles. The molecule has 0 aromatic heterocycles. The van der Waals surface area contributed by atoms with Gasteiger partial charge in [-0.1, -0.05) is 61.3 Å². The van der Waals surface area contributed by atoms with Gasteiger partial charge in [0.15, 0.2) is 0 Å². The van der Waals surface area contributed by atoms with Gasteiger partial charge in [-0.25, -0.2) is 0 Å². The summed E-state index contributed by atoms with van der Waals surface area (Å²) in [7, 11) is 0. The largest absolute Gasteiger partial charge is 0.0654 e. The molecule has 0 N–H and O–H groups in total. The minimum absolute atomic E-state index is 0.852. The Kier molecular flexibility index (Phi) is 11.0. The van der Waals surface area contributed by atoms with E-state index >= 15 is 0 Å². The molecule has 0 amide bonds. The Labute approximate surface area is 79.8 Å². The summed E-state index contributed by atoms with van der Waals surface area (Å²) in [6.45, 7) is 15.7. The first-order valence-electron chi connectivity index (χ1n) is 5.41. The van der Waals surface area contributed by atoms with E-state index in [1.165, 1.54) is 12.8 Å². The van der Waals surface area contributed by atoms with Crippen molar-refractivity contribution in [3.05, 3.63) is 0 Å². The molecule has 0 aliphatic carbocycles. The molecule has 0 saturated heterocycles. The van der Waals surface area contributed by atoms with Crippen LogP contribution in [0.3, 0.4) is 0 Å². The van der Waals surface area contributed by atoms with E-state index < -0.39 is 0 Å². The highest BCUT2D eigenvalue weighted by atomic mass is 14.0. The second-order valence-corrected chi connectivity index (χ2v) is 4.67. The second kappa shape index (κ2) is 9.09. The summed E-state index contributed by atoms with van der Waals surface area (Å²) in [5, 5.41) is 0. The van der Waals surface area contributed by atoms with Crippen molar-refractivity contribution in [3.8, 4) is 0 Å². The SMILES string of the molecule is CC(C)C(C)C.CCCC(C)C. The third kappa shape index (κ3) is 16.5. The first-order chi connectivity index (χ1) is 5.41. The van der Waals surface area contributed by atoms with E-state index in [0.29, 0.717) is 0 Å². The van der Waals surface area contributed by atoms with Gasteiger partial charge in [-0.2, -0.15) is 0 Å². The molecule has 0 aliphatic heterocycles. The lowest BCUT2D eigenvalue weighted by molar-refractivity contribution is 0.457. The van der Waals surface area contributed by atoms with Crippen LogP contribution in [0.4, 0.5) is 0 Å². The maximum atomic E-state index is 2.25. The highest BCUT2D eigenvalue weighted by Crippen LogP contribution is 2.05. The van der Waals surface area contributed by atoms with Crippen molar-refractivity contribution in [1.82, 2.24) is 0 Å². The van der Waals surface area contributed by atoms with Crippen molar-refractivity contribution in [2.45, 2.75) is 61.3 Å². The van der Waals surface area contributed by atoms with Gasteiger partial charge in [-0.15, -0.1) is 0 Å². The molecule has 0 aromatic rings. The van der Waals surface area contributed by atoms with E-state index in [1.807, 2.05) is 0 Å². The molecule has 76 valence electrons. The smallest absolute Gasteiger partial charge is 0.0448 e. The first-order valence-corrected chi connectivity index (χ1v) is 5.41. The van der Waals surface area contributed by atoms with Crippen LogP contribution in [0.5, 0.6) is 0 Å². The number of hydrogen-bond acceptors (Lipinski definition) is 0. The van der Waals surface area contributed by atoms with E-state index in [2.05, 4.69) is 48.5 Å². The molecule has 0 unspecified atom stereocenters. The molecule has 12 heavy (non-hydrogen) atoms. The zero-order valence-electron chi connectivity index (χ0n) is 10.1. The molecule has 0 saturated carbocycles. The van der Waals surface area contributed by atoms with Crippen molar-refractivity contribution in [1.29, 1.82) is 0 Å². The van der Waals surface area contributed by atoms with Crippen molar-refractivity contribution < 1.29 is 0 Å². The van der Waals surface area contributed by atoms with Crippen LogP contribution < -0.4 is 0 Å². The lowest BCUT2D eigenvalue weighted by Crippen LogP contribution is -1.95. The molecule has 0 aliphatic rings. The number of hydrogen-bond donors (Lipinski definition) is 0. The van der Waals surface area contributed by atoms with Crippen molar-refractivity contribution in [2.75, 3.05) is 0 Å². The fourth-order valence-corrected chi connectivity index (χ4v) is 0.577. The van der Waals surface area contributed by atoms with Crippen LogP contribution in [0.25, 0.3) is 0 Å². The van der Waals surface area contributed by atoms with Gasteiger partial charge in [0.05, 0.1) is 0 Å². The Balaban J connectivity index is 0. The Hall–Kier alpha value is 0. The third-order valence-corrected chi connectivity index (χ3v) is 2.20. The Morgan fingerprint density at radius 1 is 0.750 bits per heavy atom. The molecule has 0 fully saturated rings. The van der Waals surface area contributed by atoms with Gasteiger partial charge in [0, 0.05) is 0 Å². The van der Waals surface area contributed by atoms with Gasteiger partial charge in [0.1, 0.15) is 0 Å². The predicted octanol–water partition coefficient (Wildman–Crippen LogP) is 4.74. The Morgan fingerprint density at radius 3 is 1.08 bits per heavy atom. The maximum Gasteiger partial charge on any atom is -0.0448 e. The molecule has 0 radical (unpaired) electrons.